The van der Waals surface area contributed by atoms with Gasteiger partial charge in [-0.3, -0.25) is 0 Å². The first-order chi connectivity index (χ1) is 12.0. The van der Waals surface area contributed by atoms with E-state index >= 15 is 0 Å². The molecule has 1 aromatic carbocycles. The van der Waals surface area contributed by atoms with Crippen molar-refractivity contribution in [1.29, 1.82) is 0 Å². The van der Waals surface area contributed by atoms with Crippen LogP contribution in [0.25, 0.3) is 16.3 Å². The molecule has 5 nitrogen and oxygen atoms in total. The first-order valence-electron chi connectivity index (χ1n) is 8.16. The lowest BCUT2D eigenvalue weighted by Crippen LogP contribution is -2.25. The molecule has 0 spiro atoms. The van der Waals surface area contributed by atoms with E-state index in [9.17, 15) is 8.42 Å². The number of hydrogen-bond donors (Lipinski definition) is 1. The van der Waals surface area contributed by atoms with Gasteiger partial charge in [0.2, 0.25) is 10.0 Å². The van der Waals surface area contributed by atoms with Crippen molar-refractivity contribution in [3.8, 4) is 16.3 Å². The number of rotatable bonds is 7. The summed E-state index contributed by atoms with van der Waals surface area (Å²) >= 11 is 1.48. The molecule has 0 unspecified atom stereocenters. The molecule has 1 N–H and O–H groups in total. The minimum Gasteiger partial charge on any atom is -0.239 e. The minimum atomic E-state index is -3.63. The van der Waals surface area contributed by atoms with E-state index in [1.807, 2.05) is 47.8 Å². The second-order valence-electron chi connectivity index (χ2n) is 6.18. The van der Waals surface area contributed by atoms with Crippen LogP contribution in [0, 0.1) is 5.92 Å². The highest BCUT2D eigenvalue weighted by Gasteiger charge is 2.24. The molecule has 0 amide bonds. The number of nitrogens with zero attached hydrogens (tertiary/aromatic N) is 2. The van der Waals surface area contributed by atoms with Crippen molar-refractivity contribution in [2.24, 2.45) is 5.92 Å². The highest BCUT2D eigenvalue weighted by atomic mass is 32.2. The lowest BCUT2D eigenvalue weighted by atomic mass is 10.1. The largest absolute Gasteiger partial charge is 0.244 e. The zero-order chi connectivity index (χ0) is 17.9. The van der Waals surface area contributed by atoms with Gasteiger partial charge in [-0.25, -0.2) is 17.8 Å². The molecule has 2 aromatic heterocycles. The van der Waals surface area contributed by atoms with Gasteiger partial charge in [0, 0.05) is 6.54 Å². The maximum Gasteiger partial charge on any atom is 0.244 e. The molecule has 25 heavy (non-hydrogen) atoms. The predicted molar refractivity (Wildman–Crippen MR) is 102 cm³/mol. The van der Waals surface area contributed by atoms with E-state index in [1.165, 1.54) is 11.3 Å². The van der Waals surface area contributed by atoms with Crippen LogP contribution in [0.15, 0.2) is 58.9 Å². The lowest BCUT2D eigenvalue weighted by Gasteiger charge is -2.07. The molecule has 0 aliphatic heterocycles. The quantitative estimate of drug-likeness (QED) is 0.681. The summed E-state index contributed by atoms with van der Waals surface area (Å²) < 4.78 is 29.9. The second-order valence-corrected chi connectivity index (χ2v) is 8.86. The van der Waals surface area contributed by atoms with E-state index in [-0.39, 0.29) is 4.90 Å². The van der Waals surface area contributed by atoms with Gasteiger partial charge in [0.05, 0.1) is 16.8 Å². The zero-order valence-electron chi connectivity index (χ0n) is 14.2. The monoisotopic (exact) mass is 375 g/mol. The summed E-state index contributed by atoms with van der Waals surface area (Å²) in [5.41, 5.74) is 1.31. The van der Waals surface area contributed by atoms with E-state index < -0.39 is 10.0 Å². The third-order valence-electron chi connectivity index (χ3n) is 3.76. The summed E-state index contributed by atoms with van der Waals surface area (Å²) in [6.07, 6.45) is 2.38. The van der Waals surface area contributed by atoms with Crippen LogP contribution in [0.5, 0.6) is 0 Å². The summed E-state index contributed by atoms with van der Waals surface area (Å²) in [5, 5.41) is 6.46. The average molecular weight is 376 g/mol. The molecule has 132 valence electrons. The summed E-state index contributed by atoms with van der Waals surface area (Å²) in [6, 6.07) is 13.3. The van der Waals surface area contributed by atoms with Crippen LogP contribution in [-0.2, 0) is 10.0 Å². The van der Waals surface area contributed by atoms with Crippen molar-refractivity contribution in [1.82, 2.24) is 14.5 Å². The number of hydrogen-bond acceptors (Lipinski definition) is 4. The Morgan fingerprint density at radius 3 is 2.56 bits per heavy atom. The summed E-state index contributed by atoms with van der Waals surface area (Å²) in [7, 11) is -3.63. The fourth-order valence-corrected chi connectivity index (χ4v) is 4.39. The van der Waals surface area contributed by atoms with Crippen molar-refractivity contribution in [2.45, 2.75) is 25.2 Å². The third kappa shape index (κ3) is 4.18. The number of thiophene rings is 1. The van der Waals surface area contributed by atoms with Crippen LogP contribution < -0.4 is 4.72 Å². The number of para-hydroxylation sites is 1. The summed E-state index contributed by atoms with van der Waals surface area (Å²) in [4.78, 5) is 1.04. The van der Waals surface area contributed by atoms with Crippen LogP contribution in [0.2, 0.25) is 0 Å². The van der Waals surface area contributed by atoms with Gasteiger partial charge < -0.3 is 0 Å². The number of aromatic nitrogens is 2. The molecule has 7 heteroatoms. The van der Waals surface area contributed by atoms with Crippen molar-refractivity contribution in [3.05, 3.63) is 54.0 Å². The topological polar surface area (TPSA) is 64.0 Å². The molecule has 0 saturated carbocycles. The van der Waals surface area contributed by atoms with Crippen LogP contribution >= 0.6 is 11.3 Å². The first kappa shape index (κ1) is 17.8. The number of benzene rings is 1. The highest BCUT2D eigenvalue weighted by Crippen LogP contribution is 2.30. The predicted octanol–water partition coefficient (Wildman–Crippen LogP) is 3.93. The van der Waals surface area contributed by atoms with Gasteiger partial charge in [-0.15, -0.1) is 11.3 Å². The minimum absolute atomic E-state index is 0.211. The molecule has 0 aliphatic carbocycles. The van der Waals surface area contributed by atoms with Crippen molar-refractivity contribution in [2.75, 3.05) is 6.54 Å². The lowest BCUT2D eigenvalue weighted by molar-refractivity contribution is 0.552. The molecule has 0 atom stereocenters. The molecular formula is C18H21N3O2S2. The Kier molecular flexibility index (Phi) is 5.36. The standard InChI is InChI=1S/C18H21N3O2S2/c1-14(2)10-11-19-25(22,23)17-13-21(15-7-4-3-5-8-15)20-18(17)16-9-6-12-24-16/h3-9,12-14,19H,10-11H2,1-2H3. The summed E-state index contributed by atoms with van der Waals surface area (Å²) in [5.74, 6) is 0.437. The fraction of sp³-hybridized carbons (Fsp3) is 0.278. The highest BCUT2D eigenvalue weighted by molar-refractivity contribution is 7.89. The van der Waals surface area contributed by atoms with Crippen molar-refractivity contribution in [3.63, 3.8) is 0 Å². The van der Waals surface area contributed by atoms with Gasteiger partial charge >= 0.3 is 0 Å². The smallest absolute Gasteiger partial charge is 0.239 e. The molecule has 3 rings (SSSR count). The molecule has 2 heterocycles. The average Bonchev–Trinajstić information content (AvgIpc) is 3.25. The van der Waals surface area contributed by atoms with Gasteiger partial charge in [0.1, 0.15) is 10.6 Å². The maximum atomic E-state index is 12.8. The molecule has 0 radical (unpaired) electrons. The van der Waals surface area contributed by atoms with Crippen molar-refractivity contribution < 1.29 is 8.42 Å². The Bertz CT molecular complexity index is 915. The van der Waals surface area contributed by atoms with Crippen LogP contribution in [0.1, 0.15) is 20.3 Å². The Balaban J connectivity index is 2.01. The normalized spacial score (nSPS) is 12.0. The Hall–Kier alpha value is -1.96. The summed E-state index contributed by atoms with van der Waals surface area (Å²) in [6.45, 7) is 4.55. The molecule has 3 aromatic rings. The van der Waals surface area contributed by atoms with Crippen molar-refractivity contribution >= 4 is 21.4 Å². The molecule has 0 saturated heterocycles. The van der Waals surface area contributed by atoms with Crippen LogP contribution in [0.3, 0.4) is 0 Å². The molecule has 0 bridgehead atoms. The van der Waals surface area contributed by atoms with E-state index in [0.717, 1.165) is 17.0 Å². The fourth-order valence-electron chi connectivity index (χ4n) is 2.41. The van der Waals surface area contributed by atoms with Gasteiger partial charge in [0.25, 0.3) is 0 Å². The van der Waals surface area contributed by atoms with Gasteiger partial charge in [-0.05, 0) is 35.9 Å². The maximum absolute atomic E-state index is 12.8. The Morgan fingerprint density at radius 1 is 1.16 bits per heavy atom. The Labute approximate surface area is 152 Å². The Morgan fingerprint density at radius 2 is 1.92 bits per heavy atom. The number of sulfonamides is 1. The van der Waals surface area contributed by atoms with Gasteiger partial charge in [-0.1, -0.05) is 38.1 Å². The van der Waals surface area contributed by atoms with E-state index in [4.69, 9.17) is 0 Å². The van der Waals surface area contributed by atoms with Crippen LogP contribution in [-0.4, -0.2) is 24.7 Å². The second kappa shape index (κ2) is 7.51. The first-order valence-corrected chi connectivity index (χ1v) is 10.5. The molecule has 0 fully saturated rings. The van der Waals surface area contributed by atoms with Crippen LogP contribution in [0.4, 0.5) is 0 Å². The number of nitrogens with one attached hydrogen (secondary N) is 1. The van der Waals surface area contributed by atoms with E-state index in [0.29, 0.717) is 18.2 Å². The van der Waals surface area contributed by atoms with Gasteiger partial charge in [-0.2, -0.15) is 5.10 Å². The molecular weight excluding hydrogens is 354 g/mol. The SMILES string of the molecule is CC(C)CCNS(=O)(=O)c1cn(-c2ccccc2)nc1-c1cccs1. The van der Waals surface area contributed by atoms with E-state index in [2.05, 4.69) is 23.7 Å². The zero-order valence-corrected chi connectivity index (χ0v) is 15.8. The third-order valence-corrected chi connectivity index (χ3v) is 6.10. The molecule has 0 aliphatic rings. The van der Waals surface area contributed by atoms with E-state index in [1.54, 1.807) is 10.9 Å². The van der Waals surface area contributed by atoms with Gasteiger partial charge in [0.15, 0.2) is 0 Å².